The summed E-state index contributed by atoms with van der Waals surface area (Å²) in [5.41, 5.74) is 2.04. The largest absolute Gasteiger partial charge is 0.389 e. The summed E-state index contributed by atoms with van der Waals surface area (Å²) in [6.45, 7) is 1.42. The highest BCUT2D eigenvalue weighted by atomic mass is 32.2. The van der Waals surface area contributed by atoms with Crippen LogP contribution in [0.15, 0.2) is 10.9 Å². The average molecular weight is 233 g/mol. The number of hydrogen-bond acceptors (Lipinski definition) is 6. The number of carbonyl (C=O) groups excluding carboxylic acids is 1. The number of aromatic nitrogens is 1. The van der Waals surface area contributed by atoms with Crippen LogP contribution in [0.2, 0.25) is 0 Å². The molecule has 0 amide bonds. The lowest BCUT2D eigenvalue weighted by Crippen LogP contribution is -2.21. The Morgan fingerprint density at radius 2 is 2.43 bits per heavy atom. The van der Waals surface area contributed by atoms with Gasteiger partial charge in [-0.05, 0) is 0 Å². The molecule has 4 nitrogen and oxygen atoms in total. The Balaban J connectivity index is 2.44. The first-order valence-corrected chi connectivity index (χ1v) is 5.91. The Kier molecular flexibility index (Phi) is 4.53. The molecule has 0 radical (unpaired) electrons. The Labute approximate surface area is 90.0 Å². The van der Waals surface area contributed by atoms with Crippen LogP contribution in [0, 0.1) is 0 Å². The molecule has 2 atom stereocenters. The highest BCUT2D eigenvalue weighted by molar-refractivity contribution is 8.13. The van der Waals surface area contributed by atoms with Crippen molar-refractivity contribution in [2.75, 3.05) is 5.75 Å². The number of thioether (sulfide) groups is 1. The molecule has 1 rings (SSSR count). The molecule has 2 unspecified atom stereocenters. The molecule has 1 heterocycles. The molecule has 78 valence electrons. The summed E-state index contributed by atoms with van der Waals surface area (Å²) in [5.74, 6) is 0.189. The first-order valence-electron chi connectivity index (χ1n) is 3.99. The molecule has 0 saturated carbocycles. The SMILES string of the molecule is CC(=O)SCC(O)C(O)c1cscn1. The van der Waals surface area contributed by atoms with Crippen molar-refractivity contribution in [3.8, 4) is 0 Å². The zero-order valence-corrected chi connectivity index (χ0v) is 9.22. The van der Waals surface area contributed by atoms with Crippen LogP contribution in [0.3, 0.4) is 0 Å². The third-order valence-electron chi connectivity index (χ3n) is 1.58. The summed E-state index contributed by atoms with van der Waals surface area (Å²) in [7, 11) is 0. The number of thiazole rings is 1. The van der Waals surface area contributed by atoms with E-state index in [0.29, 0.717) is 5.69 Å². The van der Waals surface area contributed by atoms with Gasteiger partial charge in [0.25, 0.3) is 0 Å². The van der Waals surface area contributed by atoms with Gasteiger partial charge in [-0.25, -0.2) is 4.98 Å². The molecule has 0 aromatic carbocycles. The van der Waals surface area contributed by atoms with E-state index in [2.05, 4.69) is 4.98 Å². The molecule has 0 bridgehead atoms. The van der Waals surface area contributed by atoms with Gasteiger partial charge in [0.05, 0.1) is 17.3 Å². The summed E-state index contributed by atoms with van der Waals surface area (Å²) >= 11 is 2.35. The second kappa shape index (κ2) is 5.45. The Bertz CT molecular complexity index is 289. The maximum absolute atomic E-state index is 10.6. The predicted molar refractivity (Wildman–Crippen MR) is 56.2 cm³/mol. The zero-order valence-electron chi connectivity index (χ0n) is 7.58. The fourth-order valence-electron chi connectivity index (χ4n) is 0.859. The molecule has 0 fully saturated rings. The first kappa shape index (κ1) is 11.6. The molecule has 14 heavy (non-hydrogen) atoms. The van der Waals surface area contributed by atoms with Gasteiger partial charge in [-0.3, -0.25) is 4.79 Å². The minimum atomic E-state index is -1.01. The molecule has 0 aliphatic rings. The van der Waals surface area contributed by atoms with Gasteiger partial charge in [0.2, 0.25) is 0 Å². The number of hydrogen-bond donors (Lipinski definition) is 2. The van der Waals surface area contributed by atoms with E-state index < -0.39 is 12.2 Å². The van der Waals surface area contributed by atoms with Gasteiger partial charge in [0.1, 0.15) is 6.10 Å². The second-order valence-electron chi connectivity index (χ2n) is 2.73. The van der Waals surface area contributed by atoms with Crippen molar-refractivity contribution in [1.82, 2.24) is 4.98 Å². The summed E-state index contributed by atoms with van der Waals surface area (Å²) in [4.78, 5) is 14.5. The second-order valence-corrected chi connectivity index (χ2v) is 4.64. The number of aliphatic hydroxyl groups excluding tert-OH is 2. The van der Waals surface area contributed by atoms with E-state index in [-0.39, 0.29) is 10.9 Å². The van der Waals surface area contributed by atoms with Crippen LogP contribution in [0.5, 0.6) is 0 Å². The van der Waals surface area contributed by atoms with Crippen molar-refractivity contribution in [2.45, 2.75) is 19.1 Å². The topological polar surface area (TPSA) is 70.4 Å². The van der Waals surface area contributed by atoms with Crippen LogP contribution in [-0.4, -0.2) is 32.2 Å². The van der Waals surface area contributed by atoms with Crippen LogP contribution in [-0.2, 0) is 4.79 Å². The molecule has 0 spiro atoms. The zero-order chi connectivity index (χ0) is 10.6. The normalized spacial score (nSPS) is 15.1. The molecule has 1 aromatic heterocycles. The molecule has 0 aliphatic carbocycles. The lowest BCUT2D eigenvalue weighted by molar-refractivity contribution is -0.109. The number of aliphatic hydroxyl groups is 2. The molecular formula is C8H11NO3S2. The van der Waals surface area contributed by atoms with E-state index in [4.69, 9.17) is 0 Å². The molecule has 0 saturated heterocycles. The maximum Gasteiger partial charge on any atom is 0.185 e. The van der Waals surface area contributed by atoms with Gasteiger partial charge < -0.3 is 10.2 Å². The van der Waals surface area contributed by atoms with Crippen LogP contribution < -0.4 is 0 Å². The first-order chi connectivity index (χ1) is 6.61. The summed E-state index contributed by atoms with van der Waals surface area (Å²) in [6.07, 6.45) is -1.96. The highest BCUT2D eigenvalue weighted by Gasteiger charge is 2.20. The highest BCUT2D eigenvalue weighted by Crippen LogP contribution is 2.19. The van der Waals surface area contributed by atoms with Gasteiger partial charge in [0, 0.05) is 18.1 Å². The molecule has 0 aliphatic heterocycles. The molecular weight excluding hydrogens is 222 g/mol. The van der Waals surface area contributed by atoms with Crippen molar-refractivity contribution < 1.29 is 15.0 Å². The molecule has 1 aromatic rings. The van der Waals surface area contributed by atoms with Crippen molar-refractivity contribution >= 4 is 28.2 Å². The number of carbonyl (C=O) groups is 1. The van der Waals surface area contributed by atoms with Crippen molar-refractivity contribution in [3.05, 3.63) is 16.6 Å². The summed E-state index contributed by atoms with van der Waals surface area (Å²) < 4.78 is 0. The maximum atomic E-state index is 10.6. The Morgan fingerprint density at radius 1 is 1.71 bits per heavy atom. The van der Waals surface area contributed by atoms with Crippen LogP contribution in [0.25, 0.3) is 0 Å². The lowest BCUT2D eigenvalue weighted by Gasteiger charge is -2.14. The predicted octanol–water partition coefficient (Wildman–Crippen LogP) is 0.817. The third-order valence-corrected chi connectivity index (χ3v) is 3.10. The van der Waals surface area contributed by atoms with Gasteiger partial charge in [0.15, 0.2) is 5.12 Å². The number of nitrogens with zero attached hydrogens (tertiary/aromatic N) is 1. The quantitative estimate of drug-likeness (QED) is 0.805. The minimum absolute atomic E-state index is 0.0745. The fourth-order valence-corrected chi connectivity index (χ4v) is 2.03. The monoisotopic (exact) mass is 233 g/mol. The van der Waals surface area contributed by atoms with Crippen LogP contribution in [0.4, 0.5) is 0 Å². The minimum Gasteiger partial charge on any atom is -0.389 e. The van der Waals surface area contributed by atoms with E-state index in [0.717, 1.165) is 11.8 Å². The summed E-state index contributed by atoms with van der Waals surface area (Å²) in [5, 5.41) is 20.6. The fraction of sp³-hybridized carbons (Fsp3) is 0.500. The van der Waals surface area contributed by atoms with E-state index in [1.54, 1.807) is 10.9 Å². The van der Waals surface area contributed by atoms with Gasteiger partial charge in [-0.15, -0.1) is 11.3 Å². The van der Waals surface area contributed by atoms with Crippen molar-refractivity contribution in [1.29, 1.82) is 0 Å². The van der Waals surface area contributed by atoms with Gasteiger partial charge in [-0.1, -0.05) is 11.8 Å². The van der Waals surface area contributed by atoms with E-state index in [1.165, 1.54) is 18.3 Å². The van der Waals surface area contributed by atoms with Crippen LogP contribution >= 0.6 is 23.1 Å². The van der Waals surface area contributed by atoms with Gasteiger partial charge >= 0.3 is 0 Å². The molecule has 6 heteroatoms. The standard InChI is InChI=1S/C8H11NO3S2/c1-5(10)14-3-7(11)8(12)6-2-13-4-9-6/h2,4,7-8,11-12H,3H2,1H3. The third kappa shape index (κ3) is 3.38. The van der Waals surface area contributed by atoms with E-state index in [1.807, 2.05) is 0 Å². The lowest BCUT2D eigenvalue weighted by atomic mass is 10.2. The van der Waals surface area contributed by atoms with Gasteiger partial charge in [-0.2, -0.15) is 0 Å². The van der Waals surface area contributed by atoms with Crippen LogP contribution in [0.1, 0.15) is 18.7 Å². The smallest absolute Gasteiger partial charge is 0.185 e. The van der Waals surface area contributed by atoms with Crippen molar-refractivity contribution in [2.24, 2.45) is 0 Å². The Hall–Kier alpha value is -0.430. The molecule has 2 N–H and O–H groups in total. The van der Waals surface area contributed by atoms with E-state index in [9.17, 15) is 15.0 Å². The van der Waals surface area contributed by atoms with Crippen molar-refractivity contribution in [3.63, 3.8) is 0 Å². The number of rotatable bonds is 4. The average Bonchev–Trinajstić information content (AvgIpc) is 2.65. The Morgan fingerprint density at radius 3 is 2.93 bits per heavy atom. The van der Waals surface area contributed by atoms with E-state index >= 15 is 0 Å². The summed E-state index contributed by atoms with van der Waals surface area (Å²) in [6, 6.07) is 0.